The van der Waals surface area contributed by atoms with Crippen LogP contribution in [0, 0.1) is 0 Å². The number of carbonyl (C=O) groups excluding carboxylic acids is 1. The van der Waals surface area contributed by atoms with Gasteiger partial charge in [-0.1, -0.05) is 19.1 Å². The van der Waals surface area contributed by atoms with Gasteiger partial charge < -0.3 is 20.5 Å². The molecule has 1 aromatic carbocycles. The summed E-state index contributed by atoms with van der Waals surface area (Å²) in [4.78, 5) is 16.2. The summed E-state index contributed by atoms with van der Waals surface area (Å²) in [7, 11) is 0. The molecule has 0 aliphatic heterocycles. The number of nitrogens with one attached hydrogen (secondary N) is 3. The van der Waals surface area contributed by atoms with Crippen molar-refractivity contribution in [2.45, 2.75) is 39.8 Å². The van der Waals surface area contributed by atoms with Crippen molar-refractivity contribution in [3.05, 3.63) is 54.4 Å². The Morgan fingerprint density at radius 3 is 2.41 bits per heavy atom. The molecule has 0 aliphatic carbocycles. The Labute approximate surface area is 178 Å². The molecule has 148 valence electrons. The number of nitrogens with zero attached hydrogens (tertiary/aromatic N) is 2. The number of rotatable bonds is 9. The molecule has 1 aromatic heterocycles. The second kappa shape index (κ2) is 13.2. The Kier molecular flexibility index (Phi) is 11.2. The molecule has 2 rings (SSSR count). The average Bonchev–Trinajstić information content (AvgIpc) is 3.14. The van der Waals surface area contributed by atoms with E-state index in [0.717, 1.165) is 43.3 Å². The van der Waals surface area contributed by atoms with Gasteiger partial charge in [0.15, 0.2) is 5.96 Å². The lowest BCUT2D eigenvalue weighted by Crippen LogP contribution is -2.38. The summed E-state index contributed by atoms with van der Waals surface area (Å²) in [6.07, 6.45) is 5.50. The fourth-order valence-electron chi connectivity index (χ4n) is 2.48. The summed E-state index contributed by atoms with van der Waals surface area (Å²) >= 11 is 0. The predicted octanol–water partition coefficient (Wildman–Crippen LogP) is 3.60. The Bertz CT molecular complexity index is 683. The zero-order valence-electron chi connectivity index (χ0n) is 16.1. The number of halogens is 1. The van der Waals surface area contributed by atoms with Crippen LogP contribution >= 0.6 is 24.0 Å². The maximum atomic E-state index is 11.6. The van der Waals surface area contributed by atoms with E-state index in [9.17, 15) is 4.79 Å². The van der Waals surface area contributed by atoms with Gasteiger partial charge in [0.1, 0.15) is 0 Å². The lowest BCUT2D eigenvalue weighted by atomic mass is 10.2. The number of benzene rings is 1. The van der Waals surface area contributed by atoms with Crippen LogP contribution in [-0.4, -0.2) is 29.5 Å². The first-order valence-corrected chi connectivity index (χ1v) is 9.23. The quantitative estimate of drug-likeness (QED) is 0.290. The molecule has 0 aliphatic rings. The van der Waals surface area contributed by atoms with Crippen molar-refractivity contribution in [3.63, 3.8) is 0 Å². The molecule has 0 saturated heterocycles. The molecular formula is C20H30IN5O. The molecule has 6 nitrogen and oxygen atoms in total. The van der Waals surface area contributed by atoms with Gasteiger partial charge in [-0.15, -0.1) is 24.0 Å². The Balaban J connectivity index is 0.00000364. The molecule has 1 amide bonds. The minimum absolute atomic E-state index is 0. The fourth-order valence-corrected chi connectivity index (χ4v) is 2.48. The van der Waals surface area contributed by atoms with Crippen LogP contribution < -0.4 is 16.0 Å². The van der Waals surface area contributed by atoms with Gasteiger partial charge in [-0.3, -0.25) is 4.79 Å². The van der Waals surface area contributed by atoms with Crippen molar-refractivity contribution in [3.8, 4) is 0 Å². The third-order valence-electron chi connectivity index (χ3n) is 3.81. The molecule has 0 fully saturated rings. The van der Waals surface area contributed by atoms with Crippen LogP contribution in [0.5, 0.6) is 0 Å². The van der Waals surface area contributed by atoms with Gasteiger partial charge in [-0.05, 0) is 43.2 Å². The average molecular weight is 483 g/mol. The topological polar surface area (TPSA) is 70.4 Å². The van der Waals surface area contributed by atoms with Gasteiger partial charge in [0.25, 0.3) is 0 Å². The van der Waals surface area contributed by atoms with E-state index in [1.165, 1.54) is 0 Å². The number of aliphatic imine (C=N–C) groups is 1. The lowest BCUT2D eigenvalue weighted by Gasteiger charge is -2.12. The van der Waals surface area contributed by atoms with Gasteiger partial charge in [-0.2, -0.15) is 0 Å². The predicted molar refractivity (Wildman–Crippen MR) is 123 cm³/mol. The molecule has 3 N–H and O–H groups in total. The third kappa shape index (κ3) is 8.94. The molecular weight excluding hydrogens is 453 g/mol. The van der Waals surface area contributed by atoms with Crippen LogP contribution in [0.25, 0.3) is 0 Å². The second-order valence-electron chi connectivity index (χ2n) is 6.04. The van der Waals surface area contributed by atoms with E-state index < -0.39 is 0 Å². The van der Waals surface area contributed by atoms with Crippen molar-refractivity contribution >= 4 is 41.5 Å². The van der Waals surface area contributed by atoms with Gasteiger partial charge in [-0.25, -0.2) is 4.99 Å². The first kappa shape index (κ1) is 23.0. The molecule has 7 heteroatoms. The van der Waals surface area contributed by atoms with E-state index in [-0.39, 0.29) is 29.9 Å². The summed E-state index contributed by atoms with van der Waals surface area (Å²) in [5.41, 5.74) is 1.93. The fraction of sp³-hybridized carbons (Fsp3) is 0.400. The normalized spacial score (nSPS) is 10.8. The number of hydrogen-bond donors (Lipinski definition) is 3. The zero-order valence-corrected chi connectivity index (χ0v) is 18.4. The van der Waals surface area contributed by atoms with Gasteiger partial charge in [0.05, 0.1) is 6.54 Å². The highest BCUT2D eigenvalue weighted by Gasteiger charge is 2.01. The van der Waals surface area contributed by atoms with Crippen LogP contribution in [0.15, 0.2) is 53.8 Å². The largest absolute Gasteiger partial charge is 0.357 e. The van der Waals surface area contributed by atoms with E-state index in [1.807, 2.05) is 55.7 Å². The van der Waals surface area contributed by atoms with E-state index in [2.05, 4.69) is 32.4 Å². The van der Waals surface area contributed by atoms with Gasteiger partial charge in [0, 0.05) is 44.1 Å². The van der Waals surface area contributed by atoms with E-state index in [4.69, 9.17) is 0 Å². The number of hydrogen-bond acceptors (Lipinski definition) is 2. The van der Waals surface area contributed by atoms with Crippen molar-refractivity contribution in [1.82, 2.24) is 15.2 Å². The van der Waals surface area contributed by atoms with E-state index >= 15 is 0 Å². The highest BCUT2D eigenvalue weighted by Crippen LogP contribution is 2.11. The second-order valence-corrected chi connectivity index (χ2v) is 6.04. The minimum Gasteiger partial charge on any atom is -0.357 e. The summed E-state index contributed by atoms with van der Waals surface area (Å²) in [5.74, 6) is 0.861. The lowest BCUT2D eigenvalue weighted by molar-refractivity contribution is -0.116. The van der Waals surface area contributed by atoms with Crippen LogP contribution in [0.3, 0.4) is 0 Å². The third-order valence-corrected chi connectivity index (χ3v) is 3.81. The number of aromatic nitrogens is 1. The highest BCUT2D eigenvalue weighted by atomic mass is 127. The van der Waals surface area contributed by atoms with Gasteiger partial charge in [0.2, 0.25) is 5.91 Å². The smallest absolute Gasteiger partial charge is 0.224 e. The van der Waals surface area contributed by atoms with Crippen LogP contribution in [0.1, 0.15) is 32.3 Å². The summed E-state index contributed by atoms with van der Waals surface area (Å²) in [5, 5.41) is 9.49. The number of anilines is 1. The molecule has 1 heterocycles. The van der Waals surface area contributed by atoms with Crippen molar-refractivity contribution in [2.75, 3.05) is 18.4 Å². The minimum atomic E-state index is 0. The van der Waals surface area contributed by atoms with Crippen molar-refractivity contribution in [2.24, 2.45) is 4.99 Å². The highest BCUT2D eigenvalue weighted by molar-refractivity contribution is 14.0. The molecule has 2 aromatic rings. The van der Waals surface area contributed by atoms with E-state index in [1.54, 1.807) is 0 Å². The maximum absolute atomic E-state index is 11.6. The first-order chi connectivity index (χ1) is 12.7. The maximum Gasteiger partial charge on any atom is 0.224 e. The Morgan fingerprint density at radius 2 is 1.78 bits per heavy atom. The molecule has 0 spiro atoms. The summed E-state index contributed by atoms with van der Waals surface area (Å²) in [6.45, 7) is 7.15. The van der Waals surface area contributed by atoms with E-state index in [0.29, 0.717) is 13.0 Å². The molecule has 0 unspecified atom stereocenters. The van der Waals surface area contributed by atoms with Crippen molar-refractivity contribution < 1.29 is 4.79 Å². The molecule has 0 saturated carbocycles. The number of guanidine groups is 1. The molecule has 0 atom stereocenters. The number of carbonyl (C=O) groups is 1. The monoisotopic (exact) mass is 483 g/mol. The SMILES string of the molecule is CCCC(=O)Nc1ccc(CN=C(NCC)NCCn2cccc2)cc1.I. The first-order valence-electron chi connectivity index (χ1n) is 9.23. The van der Waals surface area contributed by atoms with Gasteiger partial charge >= 0.3 is 0 Å². The van der Waals surface area contributed by atoms with Crippen LogP contribution in [0.2, 0.25) is 0 Å². The van der Waals surface area contributed by atoms with Crippen LogP contribution in [-0.2, 0) is 17.9 Å². The van der Waals surface area contributed by atoms with Crippen LogP contribution in [0.4, 0.5) is 5.69 Å². The molecule has 27 heavy (non-hydrogen) atoms. The Morgan fingerprint density at radius 1 is 1.07 bits per heavy atom. The Hall–Kier alpha value is -2.03. The molecule has 0 bridgehead atoms. The standard InChI is InChI=1S/C20H29N5O.HI/c1-3-7-19(26)24-18-10-8-17(9-11-18)16-23-20(21-4-2)22-12-15-25-13-5-6-14-25;/h5-6,8-11,13-14H,3-4,7,12,15-16H2,1-2H3,(H,24,26)(H2,21,22,23);1H. The zero-order chi connectivity index (χ0) is 18.6. The summed E-state index contributed by atoms with van der Waals surface area (Å²) < 4.78 is 2.13. The molecule has 0 radical (unpaired) electrons. The van der Waals surface area contributed by atoms with Crippen molar-refractivity contribution in [1.29, 1.82) is 0 Å². The number of amides is 1. The summed E-state index contributed by atoms with van der Waals surface area (Å²) in [6, 6.07) is 11.9.